The first kappa shape index (κ1) is 9.92. The van der Waals surface area contributed by atoms with Gasteiger partial charge in [0, 0.05) is 22.2 Å². The van der Waals surface area contributed by atoms with Crippen LogP contribution in [0.25, 0.3) is 11.3 Å². The number of halogens is 1. The fraction of sp³-hybridized carbons (Fsp3) is 0. The number of benzene rings is 1. The molecule has 0 atom stereocenters. The second-order valence-electron chi connectivity index (χ2n) is 2.90. The number of nitrogens with zero attached hydrogens (tertiary/aromatic N) is 1. The molecule has 2 rings (SSSR count). The highest BCUT2D eigenvalue weighted by Gasteiger charge is 2.12. The Morgan fingerprint density at radius 3 is 2.73 bits per heavy atom. The summed E-state index contributed by atoms with van der Waals surface area (Å²) in [5.41, 5.74) is 0.721. The summed E-state index contributed by atoms with van der Waals surface area (Å²) in [5, 5.41) is 10.6. The molecule has 1 aromatic heterocycles. The fourth-order valence-electron chi connectivity index (χ4n) is 1.25. The first-order valence-electron chi connectivity index (χ1n) is 4.16. The van der Waals surface area contributed by atoms with E-state index in [0.29, 0.717) is 11.3 Å². The summed E-state index contributed by atoms with van der Waals surface area (Å²) in [6.45, 7) is 0. The van der Waals surface area contributed by atoms with E-state index >= 15 is 0 Å². The van der Waals surface area contributed by atoms with Crippen molar-refractivity contribution in [1.29, 1.82) is 0 Å². The van der Waals surface area contributed by atoms with Crippen LogP contribution in [0.1, 0.15) is 0 Å². The lowest BCUT2D eigenvalue weighted by molar-refractivity contribution is -0.384. The third-order valence-electron chi connectivity index (χ3n) is 1.95. The third-order valence-corrected chi connectivity index (χ3v) is 2.64. The molecule has 0 unspecified atom stereocenters. The summed E-state index contributed by atoms with van der Waals surface area (Å²) in [5.74, 6) is 0.602. The fourth-order valence-corrected chi connectivity index (χ4v) is 1.69. The number of nitro benzene ring substituents is 1. The maximum Gasteiger partial charge on any atom is 0.270 e. The number of non-ortho nitro benzene ring substituents is 1. The minimum atomic E-state index is -0.432. The van der Waals surface area contributed by atoms with Crippen molar-refractivity contribution in [3.05, 3.63) is 51.2 Å². The van der Waals surface area contributed by atoms with Crippen LogP contribution in [0.4, 0.5) is 5.69 Å². The minimum Gasteiger partial charge on any atom is -0.464 e. The molecule has 76 valence electrons. The van der Waals surface area contributed by atoms with Crippen molar-refractivity contribution >= 4 is 21.6 Å². The molecule has 0 saturated heterocycles. The minimum absolute atomic E-state index is 0.0459. The highest BCUT2D eigenvalue weighted by molar-refractivity contribution is 9.10. The normalized spacial score (nSPS) is 10.2. The predicted octanol–water partition coefficient (Wildman–Crippen LogP) is 3.62. The molecule has 0 fully saturated rings. The van der Waals surface area contributed by atoms with Crippen molar-refractivity contribution < 1.29 is 9.34 Å². The molecular weight excluding hydrogens is 262 g/mol. The number of rotatable bonds is 2. The lowest BCUT2D eigenvalue weighted by atomic mass is 10.1. The van der Waals surface area contributed by atoms with Crippen LogP contribution in [-0.4, -0.2) is 4.92 Å². The highest BCUT2D eigenvalue weighted by atomic mass is 79.9. The average Bonchev–Trinajstić information content (AvgIpc) is 2.71. The van der Waals surface area contributed by atoms with Gasteiger partial charge in [-0.05, 0) is 18.2 Å². The van der Waals surface area contributed by atoms with Gasteiger partial charge in [0.05, 0.1) is 11.2 Å². The van der Waals surface area contributed by atoms with E-state index in [2.05, 4.69) is 15.9 Å². The van der Waals surface area contributed by atoms with Crippen molar-refractivity contribution in [2.45, 2.75) is 0 Å². The zero-order valence-electron chi connectivity index (χ0n) is 7.51. The van der Waals surface area contributed by atoms with E-state index in [1.165, 1.54) is 18.4 Å². The molecule has 0 amide bonds. The Kier molecular flexibility index (Phi) is 2.55. The van der Waals surface area contributed by atoms with Crippen LogP contribution in [0, 0.1) is 10.1 Å². The number of nitro groups is 1. The summed E-state index contributed by atoms with van der Waals surface area (Å²) < 4.78 is 5.95. The molecule has 0 bridgehead atoms. The van der Waals surface area contributed by atoms with Crippen LogP contribution in [-0.2, 0) is 0 Å². The van der Waals surface area contributed by atoms with Gasteiger partial charge in [-0.1, -0.05) is 15.9 Å². The molecule has 4 nitrogen and oxygen atoms in total. The first-order chi connectivity index (χ1) is 7.18. The molecule has 0 saturated carbocycles. The van der Waals surface area contributed by atoms with Crippen molar-refractivity contribution in [2.24, 2.45) is 0 Å². The van der Waals surface area contributed by atoms with E-state index in [1.807, 2.05) is 0 Å². The number of furan rings is 1. The Balaban J connectivity index is 2.55. The van der Waals surface area contributed by atoms with E-state index in [-0.39, 0.29) is 5.69 Å². The average molecular weight is 268 g/mol. The number of hydrogen-bond donors (Lipinski definition) is 0. The molecule has 0 radical (unpaired) electrons. The lowest BCUT2D eigenvalue weighted by Crippen LogP contribution is -1.88. The van der Waals surface area contributed by atoms with Gasteiger partial charge in [0.15, 0.2) is 0 Å². The Morgan fingerprint density at radius 1 is 1.33 bits per heavy atom. The predicted molar refractivity (Wildman–Crippen MR) is 58.5 cm³/mol. The number of hydrogen-bond acceptors (Lipinski definition) is 3. The Bertz CT molecular complexity index is 493. The van der Waals surface area contributed by atoms with Gasteiger partial charge in [-0.3, -0.25) is 10.1 Å². The summed E-state index contributed by atoms with van der Waals surface area (Å²) in [7, 11) is 0. The third kappa shape index (κ3) is 1.92. The highest BCUT2D eigenvalue weighted by Crippen LogP contribution is 2.31. The van der Waals surface area contributed by atoms with Crippen LogP contribution in [0.2, 0.25) is 0 Å². The summed E-state index contributed by atoms with van der Waals surface area (Å²) in [4.78, 5) is 10.2. The lowest BCUT2D eigenvalue weighted by Gasteiger charge is -2.00. The molecule has 2 aromatic rings. The quantitative estimate of drug-likeness (QED) is 0.617. The van der Waals surface area contributed by atoms with Crippen LogP contribution in [0.3, 0.4) is 0 Å². The Morgan fingerprint density at radius 2 is 2.13 bits per heavy atom. The van der Waals surface area contributed by atoms with Crippen molar-refractivity contribution in [3.8, 4) is 11.3 Å². The maximum absolute atomic E-state index is 10.6. The molecular formula is C10H6BrNO3. The van der Waals surface area contributed by atoms with Gasteiger partial charge in [0.1, 0.15) is 5.76 Å². The van der Waals surface area contributed by atoms with Crippen molar-refractivity contribution in [2.75, 3.05) is 0 Å². The molecule has 1 heterocycles. The Hall–Kier alpha value is -1.62. The molecule has 0 N–H and O–H groups in total. The first-order valence-corrected chi connectivity index (χ1v) is 4.95. The smallest absolute Gasteiger partial charge is 0.270 e. The zero-order valence-corrected chi connectivity index (χ0v) is 9.10. The van der Waals surface area contributed by atoms with Gasteiger partial charge in [-0.25, -0.2) is 0 Å². The van der Waals surface area contributed by atoms with Crippen LogP contribution in [0.15, 0.2) is 45.5 Å². The molecule has 0 aliphatic heterocycles. The van der Waals surface area contributed by atoms with Gasteiger partial charge in [0.25, 0.3) is 5.69 Å². The van der Waals surface area contributed by atoms with E-state index in [9.17, 15) is 10.1 Å². The second-order valence-corrected chi connectivity index (χ2v) is 3.75. The second kappa shape index (κ2) is 3.86. The molecule has 0 spiro atoms. The Labute approximate surface area is 93.8 Å². The monoisotopic (exact) mass is 267 g/mol. The summed E-state index contributed by atoms with van der Waals surface area (Å²) in [6, 6.07) is 8.04. The van der Waals surface area contributed by atoms with Gasteiger partial charge in [-0.15, -0.1) is 0 Å². The molecule has 1 aromatic carbocycles. The maximum atomic E-state index is 10.6. The topological polar surface area (TPSA) is 56.3 Å². The van der Waals surface area contributed by atoms with E-state index in [1.54, 1.807) is 18.2 Å². The molecule has 0 aliphatic carbocycles. The molecule has 15 heavy (non-hydrogen) atoms. The van der Waals surface area contributed by atoms with E-state index < -0.39 is 4.92 Å². The van der Waals surface area contributed by atoms with Gasteiger partial charge in [-0.2, -0.15) is 0 Å². The standard InChI is InChI=1S/C10H6BrNO3/c11-9-4-3-7(12(13)14)6-8(9)10-2-1-5-15-10/h1-6H. The van der Waals surface area contributed by atoms with Crippen molar-refractivity contribution in [1.82, 2.24) is 0 Å². The van der Waals surface area contributed by atoms with Gasteiger partial charge in [0.2, 0.25) is 0 Å². The zero-order chi connectivity index (χ0) is 10.8. The van der Waals surface area contributed by atoms with Crippen molar-refractivity contribution in [3.63, 3.8) is 0 Å². The largest absolute Gasteiger partial charge is 0.464 e. The molecule has 0 aliphatic rings. The summed E-state index contributed by atoms with van der Waals surface area (Å²) in [6.07, 6.45) is 1.53. The van der Waals surface area contributed by atoms with E-state index in [4.69, 9.17) is 4.42 Å². The van der Waals surface area contributed by atoms with Crippen LogP contribution in [0.5, 0.6) is 0 Å². The van der Waals surface area contributed by atoms with Gasteiger partial charge >= 0.3 is 0 Å². The SMILES string of the molecule is O=[N+]([O-])c1ccc(Br)c(-c2ccco2)c1. The van der Waals surface area contributed by atoms with Crippen LogP contribution < -0.4 is 0 Å². The summed E-state index contributed by atoms with van der Waals surface area (Å²) >= 11 is 3.32. The van der Waals surface area contributed by atoms with Crippen LogP contribution >= 0.6 is 15.9 Å². The van der Waals surface area contributed by atoms with Gasteiger partial charge < -0.3 is 4.42 Å². The molecule has 5 heteroatoms. The van der Waals surface area contributed by atoms with E-state index in [0.717, 1.165) is 4.47 Å².